The summed E-state index contributed by atoms with van der Waals surface area (Å²) in [6, 6.07) is 11.1. The van der Waals surface area contributed by atoms with Crippen LogP contribution in [0.5, 0.6) is 0 Å². The van der Waals surface area contributed by atoms with Crippen LogP contribution in [0.4, 0.5) is 0 Å². The minimum absolute atomic E-state index is 0.108. The number of rotatable bonds is 2. The van der Waals surface area contributed by atoms with Crippen molar-refractivity contribution >= 4 is 17.5 Å². The molecule has 2 heterocycles. The van der Waals surface area contributed by atoms with Crippen LogP contribution in [0.3, 0.4) is 0 Å². The van der Waals surface area contributed by atoms with Crippen LogP contribution >= 0.6 is 11.6 Å². The molecule has 3 rings (SSSR count). The van der Waals surface area contributed by atoms with E-state index in [2.05, 4.69) is 0 Å². The van der Waals surface area contributed by atoms with Gasteiger partial charge in [0.25, 0.3) is 5.91 Å². The first-order valence-electron chi connectivity index (χ1n) is 6.87. The van der Waals surface area contributed by atoms with Crippen molar-refractivity contribution in [1.82, 2.24) is 4.90 Å². The summed E-state index contributed by atoms with van der Waals surface area (Å²) in [5, 5.41) is 0.658. The maximum Gasteiger partial charge on any atom is 0.289 e. The van der Waals surface area contributed by atoms with E-state index in [4.69, 9.17) is 20.8 Å². The topological polar surface area (TPSA) is 42.7 Å². The Morgan fingerprint density at radius 2 is 2.10 bits per heavy atom. The Balaban J connectivity index is 1.77. The maximum absolute atomic E-state index is 12.4. The van der Waals surface area contributed by atoms with E-state index < -0.39 is 0 Å². The first-order chi connectivity index (χ1) is 10.1. The predicted molar refractivity (Wildman–Crippen MR) is 79.5 cm³/mol. The summed E-state index contributed by atoms with van der Waals surface area (Å²) in [6.45, 7) is 3.34. The molecule has 1 aromatic carbocycles. The molecule has 0 aliphatic carbocycles. The second-order valence-electron chi connectivity index (χ2n) is 5.04. The van der Waals surface area contributed by atoms with Crippen molar-refractivity contribution in [1.29, 1.82) is 0 Å². The highest BCUT2D eigenvalue weighted by Crippen LogP contribution is 2.28. The number of halogens is 1. The van der Waals surface area contributed by atoms with Gasteiger partial charge in [0.1, 0.15) is 11.9 Å². The molecule has 0 radical (unpaired) electrons. The number of nitrogens with zero attached hydrogens (tertiary/aromatic N) is 1. The lowest BCUT2D eigenvalue weighted by Gasteiger charge is -2.33. The van der Waals surface area contributed by atoms with Crippen LogP contribution < -0.4 is 0 Å². The van der Waals surface area contributed by atoms with Gasteiger partial charge in [-0.3, -0.25) is 4.79 Å². The second-order valence-corrected chi connectivity index (χ2v) is 5.45. The molecule has 5 heteroatoms. The molecular formula is C16H16ClNO3. The molecule has 110 valence electrons. The highest BCUT2D eigenvalue weighted by atomic mass is 35.5. The number of ether oxygens (including phenoxy) is 1. The van der Waals surface area contributed by atoms with Gasteiger partial charge in [-0.2, -0.15) is 0 Å². The number of morpholine rings is 1. The van der Waals surface area contributed by atoms with Gasteiger partial charge in [0.15, 0.2) is 5.76 Å². The number of hydrogen-bond donors (Lipinski definition) is 0. The number of carbonyl (C=O) groups excluding carboxylic acids is 1. The average Bonchev–Trinajstić information content (AvgIpc) is 2.94. The quantitative estimate of drug-likeness (QED) is 0.853. The predicted octanol–water partition coefficient (Wildman–Crippen LogP) is 3.46. The van der Waals surface area contributed by atoms with Gasteiger partial charge < -0.3 is 14.1 Å². The summed E-state index contributed by atoms with van der Waals surface area (Å²) in [4.78, 5) is 14.2. The van der Waals surface area contributed by atoms with Crippen LogP contribution in [0.1, 0.15) is 28.0 Å². The van der Waals surface area contributed by atoms with Crippen molar-refractivity contribution < 1.29 is 13.9 Å². The van der Waals surface area contributed by atoms with Gasteiger partial charge in [-0.1, -0.05) is 29.8 Å². The Hall–Kier alpha value is -1.78. The minimum Gasteiger partial charge on any atom is -0.456 e. The molecule has 2 aromatic rings. The Kier molecular flexibility index (Phi) is 3.99. The number of aryl methyl sites for hydroxylation is 1. The van der Waals surface area contributed by atoms with Gasteiger partial charge in [0.2, 0.25) is 0 Å². The molecule has 1 aliphatic heterocycles. The van der Waals surface area contributed by atoms with Crippen LogP contribution in [0, 0.1) is 6.92 Å². The monoisotopic (exact) mass is 305 g/mol. The number of hydrogen-bond acceptors (Lipinski definition) is 3. The Bertz CT molecular complexity index is 652. The normalized spacial score (nSPS) is 18.8. The third-order valence-corrected chi connectivity index (χ3v) is 3.90. The SMILES string of the molecule is Cc1ccc(C(=O)N2CCO[C@H](c3ccccc3Cl)C2)o1. The Morgan fingerprint density at radius 1 is 1.29 bits per heavy atom. The zero-order valence-corrected chi connectivity index (χ0v) is 12.5. The molecule has 0 N–H and O–H groups in total. The fourth-order valence-corrected chi connectivity index (χ4v) is 2.72. The minimum atomic E-state index is -0.201. The number of amides is 1. The highest BCUT2D eigenvalue weighted by Gasteiger charge is 2.28. The number of furan rings is 1. The zero-order chi connectivity index (χ0) is 14.8. The summed E-state index contributed by atoms with van der Waals surface area (Å²) >= 11 is 6.20. The van der Waals surface area contributed by atoms with Crippen molar-refractivity contribution in [2.75, 3.05) is 19.7 Å². The largest absolute Gasteiger partial charge is 0.456 e. The third kappa shape index (κ3) is 2.96. The molecule has 1 saturated heterocycles. The Labute approximate surface area is 128 Å². The van der Waals surface area contributed by atoms with E-state index in [1.807, 2.05) is 31.2 Å². The molecule has 4 nitrogen and oxygen atoms in total. The number of carbonyl (C=O) groups is 1. The van der Waals surface area contributed by atoms with E-state index in [1.165, 1.54) is 0 Å². The summed E-state index contributed by atoms with van der Waals surface area (Å²) < 4.78 is 11.2. The smallest absolute Gasteiger partial charge is 0.289 e. The van der Waals surface area contributed by atoms with Crippen molar-refractivity contribution in [2.45, 2.75) is 13.0 Å². The lowest BCUT2D eigenvalue weighted by atomic mass is 10.1. The average molecular weight is 306 g/mol. The van der Waals surface area contributed by atoms with Gasteiger partial charge in [-0.05, 0) is 25.1 Å². The van der Waals surface area contributed by atoms with Crippen molar-refractivity contribution in [3.63, 3.8) is 0 Å². The van der Waals surface area contributed by atoms with Gasteiger partial charge in [0, 0.05) is 17.1 Å². The van der Waals surface area contributed by atoms with Crippen LogP contribution in [-0.2, 0) is 4.74 Å². The van der Waals surface area contributed by atoms with Crippen LogP contribution in [0.2, 0.25) is 5.02 Å². The molecule has 1 atom stereocenters. The van der Waals surface area contributed by atoms with E-state index in [1.54, 1.807) is 17.0 Å². The van der Waals surface area contributed by atoms with Crippen molar-refractivity contribution in [2.24, 2.45) is 0 Å². The summed E-state index contributed by atoms with van der Waals surface area (Å²) in [5.74, 6) is 0.991. The summed E-state index contributed by atoms with van der Waals surface area (Å²) in [6.07, 6.45) is -0.201. The molecule has 0 spiro atoms. The molecule has 0 unspecified atom stereocenters. The molecule has 0 saturated carbocycles. The fraction of sp³-hybridized carbons (Fsp3) is 0.312. The van der Waals surface area contributed by atoms with E-state index in [-0.39, 0.29) is 12.0 Å². The first-order valence-corrected chi connectivity index (χ1v) is 7.24. The zero-order valence-electron chi connectivity index (χ0n) is 11.7. The third-order valence-electron chi connectivity index (χ3n) is 3.56. The van der Waals surface area contributed by atoms with Gasteiger partial charge in [-0.25, -0.2) is 0 Å². The van der Waals surface area contributed by atoms with Gasteiger partial charge >= 0.3 is 0 Å². The molecule has 21 heavy (non-hydrogen) atoms. The molecular weight excluding hydrogens is 290 g/mol. The lowest BCUT2D eigenvalue weighted by Crippen LogP contribution is -2.42. The molecule has 1 fully saturated rings. The van der Waals surface area contributed by atoms with Crippen LogP contribution in [-0.4, -0.2) is 30.5 Å². The van der Waals surface area contributed by atoms with E-state index in [0.717, 1.165) is 11.3 Å². The van der Waals surface area contributed by atoms with Crippen molar-refractivity contribution in [3.8, 4) is 0 Å². The van der Waals surface area contributed by atoms with Crippen LogP contribution in [0.25, 0.3) is 0 Å². The van der Waals surface area contributed by atoms with Crippen LogP contribution in [0.15, 0.2) is 40.8 Å². The standard InChI is InChI=1S/C16H16ClNO3/c1-11-6-7-14(21-11)16(19)18-8-9-20-15(10-18)12-4-2-3-5-13(12)17/h2-7,15H,8-10H2,1H3/t15-/m0/s1. The van der Waals surface area contributed by atoms with Gasteiger partial charge in [-0.15, -0.1) is 0 Å². The molecule has 0 bridgehead atoms. The van der Waals surface area contributed by atoms with E-state index in [0.29, 0.717) is 30.5 Å². The summed E-state index contributed by atoms with van der Waals surface area (Å²) in [7, 11) is 0. The second kappa shape index (κ2) is 5.92. The molecule has 1 amide bonds. The Morgan fingerprint density at radius 3 is 2.81 bits per heavy atom. The molecule has 1 aromatic heterocycles. The van der Waals surface area contributed by atoms with Crippen molar-refractivity contribution in [3.05, 3.63) is 58.5 Å². The van der Waals surface area contributed by atoms with E-state index >= 15 is 0 Å². The number of benzene rings is 1. The highest BCUT2D eigenvalue weighted by molar-refractivity contribution is 6.31. The maximum atomic E-state index is 12.4. The van der Waals surface area contributed by atoms with E-state index in [9.17, 15) is 4.79 Å². The van der Waals surface area contributed by atoms with Gasteiger partial charge in [0.05, 0.1) is 13.2 Å². The first kappa shape index (κ1) is 14.2. The lowest BCUT2D eigenvalue weighted by molar-refractivity contribution is -0.0237. The molecule has 1 aliphatic rings. The fourth-order valence-electron chi connectivity index (χ4n) is 2.46. The summed E-state index contributed by atoms with van der Waals surface area (Å²) in [5.41, 5.74) is 0.910.